The number of hydrogen-bond acceptors (Lipinski definition) is 4. The molecule has 2 aromatic rings. The van der Waals surface area contributed by atoms with Crippen LogP contribution in [0.15, 0.2) is 59.8 Å². The average molecular weight is 434 g/mol. The molecule has 1 aliphatic rings. The molecule has 1 aliphatic heterocycles. The van der Waals surface area contributed by atoms with Gasteiger partial charge >= 0.3 is 24.1 Å². The summed E-state index contributed by atoms with van der Waals surface area (Å²) in [5.74, 6) is -2.08. The van der Waals surface area contributed by atoms with Gasteiger partial charge in [-0.05, 0) is 42.8 Å². The number of alkyl halides is 3. The van der Waals surface area contributed by atoms with Gasteiger partial charge in [0, 0.05) is 5.70 Å². The standard InChI is InChI=1S/C21H17F3N2O5/c1-11-16(19(29)31-2)17(14-5-3-4-6-15(14)21(22,23)24)25-20(30)26(11)13-9-7-12(8-10-13)18(27)28/h3-10,17H,1-2H3,(H,25,30)(H,27,28). The summed E-state index contributed by atoms with van der Waals surface area (Å²) in [6.07, 6.45) is -4.71. The molecule has 10 heteroatoms. The van der Waals surface area contributed by atoms with Crippen LogP contribution in [0.2, 0.25) is 0 Å². The van der Waals surface area contributed by atoms with Crippen molar-refractivity contribution < 1.29 is 37.4 Å². The maximum Gasteiger partial charge on any atom is 0.416 e. The van der Waals surface area contributed by atoms with Crippen LogP contribution in [-0.4, -0.2) is 30.2 Å². The molecule has 0 aromatic heterocycles. The molecule has 0 radical (unpaired) electrons. The molecule has 0 spiro atoms. The largest absolute Gasteiger partial charge is 0.478 e. The molecule has 0 bridgehead atoms. The van der Waals surface area contributed by atoms with Crippen molar-refractivity contribution in [2.45, 2.75) is 19.1 Å². The summed E-state index contributed by atoms with van der Waals surface area (Å²) < 4.78 is 45.4. The second-order valence-electron chi connectivity index (χ2n) is 6.65. The second kappa shape index (κ2) is 8.13. The minimum atomic E-state index is -4.71. The molecule has 162 valence electrons. The first-order valence-corrected chi connectivity index (χ1v) is 8.95. The van der Waals surface area contributed by atoms with E-state index < -0.39 is 35.8 Å². The van der Waals surface area contributed by atoms with Gasteiger partial charge in [0.1, 0.15) is 0 Å². The lowest BCUT2D eigenvalue weighted by atomic mass is 9.91. The zero-order valence-corrected chi connectivity index (χ0v) is 16.4. The Kier molecular flexibility index (Phi) is 5.74. The highest BCUT2D eigenvalue weighted by Gasteiger charge is 2.42. The van der Waals surface area contributed by atoms with Crippen molar-refractivity contribution in [1.82, 2.24) is 5.32 Å². The number of esters is 1. The predicted molar refractivity (Wildman–Crippen MR) is 103 cm³/mol. The smallest absolute Gasteiger partial charge is 0.416 e. The summed E-state index contributed by atoms with van der Waals surface area (Å²) in [5.41, 5.74) is -1.21. The van der Waals surface area contributed by atoms with Crippen LogP contribution in [0.1, 0.15) is 34.5 Å². The number of nitrogens with one attached hydrogen (secondary N) is 1. The van der Waals surface area contributed by atoms with Crippen LogP contribution >= 0.6 is 0 Å². The normalized spacial score (nSPS) is 16.7. The molecule has 1 atom stereocenters. The first-order valence-electron chi connectivity index (χ1n) is 8.95. The first kappa shape index (κ1) is 21.9. The minimum absolute atomic E-state index is 0.0204. The number of carbonyl (C=O) groups excluding carboxylic acids is 2. The summed E-state index contributed by atoms with van der Waals surface area (Å²) >= 11 is 0. The van der Waals surface area contributed by atoms with Gasteiger partial charge in [-0.1, -0.05) is 18.2 Å². The number of halogens is 3. The summed E-state index contributed by atoms with van der Waals surface area (Å²) in [6, 6.07) is 7.69. The van der Waals surface area contributed by atoms with Crippen molar-refractivity contribution in [3.05, 3.63) is 76.5 Å². The molecule has 2 N–H and O–H groups in total. The second-order valence-corrected chi connectivity index (χ2v) is 6.65. The predicted octanol–water partition coefficient (Wildman–Crippen LogP) is 4.12. The Morgan fingerprint density at radius 2 is 1.71 bits per heavy atom. The molecule has 1 unspecified atom stereocenters. The van der Waals surface area contributed by atoms with Crippen LogP contribution in [0.4, 0.5) is 23.7 Å². The van der Waals surface area contributed by atoms with Crippen molar-refractivity contribution >= 4 is 23.7 Å². The highest BCUT2D eigenvalue weighted by Crippen LogP contribution is 2.40. The fourth-order valence-corrected chi connectivity index (χ4v) is 3.42. The van der Waals surface area contributed by atoms with E-state index in [-0.39, 0.29) is 28.1 Å². The van der Waals surface area contributed by atoms with Crippen LogP contribution < -0.4 is 10.2 Å². The number of carboxylic acid groups (broad SMARTS) is 1. The van der Waals surface area contributed by atoms with Gasteiger partial charge in [0.15, 0.2) is 0 Å². The number of rotatable bonds is 4. The topological polar surface area (TPSA) is 95.9 Å². The lowest BCUT2D eigenvalue weighted by Gasteiger charge is -2.36. The molecule has 0 saturated heterocycles. The van der Waals surface area contributed by atoms with Crippen LogP contribution in [0.25, 0.3) is 0 Å². The highest BCUT2D eigenvalue weighted by molar-refractivity contribution is 6.03. The SMILES string of the molecule is COC(=O)C1=C(C)N(c2ccc(C(=O)O)cc2)C(=O)NC1c1ccccc1C(F)(F)F. The number of methoxy groups -OCH3 is 1. The van der Waals surface area contributed by atoms with Gasteiger partial charge in [0.2, 0.25) is 0 Å². The molecule has 0 fully saturated rings. The van der Waals surface area contributed by atoms with Crippen molar-refractivity contribution in [3.63, 3.8) is 0 Å². The van der Waals surface area contributed by atoms with Crippen molar-refractivity contribution in [2.75, 3.05) is 12.0 Å². The van der Waals surface area contributed by atoms with E-state index >= 15 is 0 Å². The Bertz CT molecular complexity index is 1080. The Hall–Kier alpha value is -3.82. The molecule has 31 heavy (non-hydrogen) atoms. The maximum atomic E-state index is 13.5. The van der Waals surface area contributed by atoms with Crippen LogP contribution in [0, 0.1) is 0 Å². The fourth-order valence-electron chi connectivity index (χ4n) is 3.42. The van der Waals surface area contributed by atoms with E-state index in [9.17, 15) is 27.6 Å². The highest BCUT2D eigenvalue weighted by atomic mass is 19.4. The number of amides is 2. The van der Waals surface area contributed by atoms with E-state index in [1.807, 2.05) is 0 Å². The Labute approximate surface area is 174 Å². The van der Waals surface area contributed by atoms with Gasteiger partial charge in [0.25, 0.3) is 0 Å². The number of carboxylic acids is 1. The molecule has 1 heterocycles. The average Bonchev–Trinajstić information content (AvgIpc) is 2.72. The van der Waals surface area contributed by atoms with Gasteiger partial charge in [-0.2, -0.15) is 13.2 Å². The molecule has 3 rings (SSSR count). The third-order valence-electron chi connectivity index (χ3n) is 4.84. The number of carbonyl (C=O) groups is 3. The van der Waals surface area contributed by atoms with Gasteiger partial charge in [-0.25, -0.2) is 14.4 Å². The first-order chi connectivity index (χ1) is 14.6. The maximum absolute atomic E-state index is 13.5. The van der Waals surface area contributed by atoms with Crippen molar-refractivity contribution in [2.24, 2.45) is 0 Å². The molecule has 2 aromatic carbocycles. The quantitative estimate of drug-likeness (QED) is 0.706. The van der Waals surface area contributed by atoms with Gasteiger partial charge in [-0.3, -0.25) is 4.90 Å². The van der Waals surface area contributed by atoms with E-state index in [0.29, 0.717) is 0 Å². The number of nitrogens with zero attached hydrogens (tertiary/aromatic N) is 1. The minimum Gasteiger partial charge on any atom is -0.478 e. The summed E-state index contributed by atoms with van der Waals surface area (Å²) in [5, 5.41) is 11.5. The zero-order valence-electron chi connectivity index (χ0n) is 16.4. The Morgan fingerprint density at radius 1 is 1.10 bits per heavy atom. The molecule has 7 nitrogen and oxygen atoms in total. The van der Waals surface area contributed by atoms with E-state index in [1.165, 1.54) is 49.4 Å². The van der Waals surface area contributed by atoms with E-state index in [0.717, 1.165) is 18.1 Å². The number of allylic oxidation sites excluding steroid dienone is 1. The molecule has 2 amide bonds. The van der Waals surface area contributed by atoms with Crippen LogP contribution in [-0.2, 0) is 15.7 Å². The van der Waals surface area contributed by atoms with Crippen molar-refractivity contribution in [1.29, 1.82) is 0 Å². The van der Waals surface area contributed by atoms with Gasteiger partial charge in [0.05, 0.1) is 35.5 Å². The number of urea groups is 1. The van der Waals surface area contributed by atoms with Gasteiger partial charge < -0.3 is 15.2 Å². The third kappa shape index (κ3) is 4.09. The number of benzene rings is 2. The third-order valence-corrected chi connectivity index (χ3v) is 4.84. The van der Waals surface area contributed by atoms with Crippen LogP contribution in [0.3, 0.4) is 0 Å². The summed E-state index contributed by atoms with van der Waals surface area (Å²) in [6.45, 7) is 1.40. The summed E-state index contributed by atoms with van der Waals surface area (Å²) in [7, 11) is 1.08. The molecular weight excluding hydrogens is 417 g/mol. The summed E-state index contributed by atoms with van der Waals surface area (Å²) in [4.78, 5) is 37.5. The monoisotopic (exact) mass is 434 g/mol. The molecule has 0 saturated carbocycles. The van der Waals surface area contributed by atoms with E-state index in [2.05, 4.69) is 5.32 Å². The number of hydrogen-bond donors (Lipinski definition) is 2. The zero-order chi connectivity index (χ0) is 22.9. The number of ether oxygens (including phenoxy) is 1. The molecule has 0 aliphatic carbocycles. The number of aromatic carboxylic acids is 1. The van der Waals surface area contributed by atoms with Crippen molar-refractivity contribution in [3.8, 4) is 0 Å². The van der Waals surface area contributed by atoms with Gasteiger partial charge in [-0.15, -0.1) is 0 Å². The Balaban J connectivity index is 2.17. The lowest BCUT2D eigenvalue weighted by molar-refractivity contribution is -0.139. The fraction of sp³-hybridized carbons (Fsp3) is 0.190. The molecular formula is C21H17F3N2O5. The van der Waals surface area contributed by atoms with E-state index in [4.69, 9.17) is 9.84 Å². The van der Waals surface area contributed by atoms with E-state index in [1.54, 1.807) is 0 Å². The van der Waals surface area contributed by atoms with Crippen LogP contribution in [0.5, 0.6) is 0 Å². The lowest BCUT2D eigenvalue weighted by Crippen LogP contribution is -2.48. The number of anilines is 1. The Morgan fingerprint density at radius 3 is 2.26 bits per heavy atom.